The Hall–Kier alpha value is -0.820. The Balaban J connectivity index is 1.38. The number of nitrogens with two attached hydrogens (primary N) is 3. The Bertz CT molecular complexity index is 968. The maximum atomic E-state index is 12.2. The van der Waals surface area contributed by atoms with Crippen LogP contribution < -0.4 is 22.5 Å². The van der Waals surface area contributed by atoms with Gasteiger partial charge < -0.3 is 32.1 Å². The Kier molecular flexibility index (Phi) is 10.7. The van der Waals surface area contributed by atoms with Gasteiger partial charge in [0.15, 0.2) is 0 Å². The van der Waals surface area contributed by atoms with Gasteiger partial charge in [-0.1, -0.05) is 6.92 Å². The molecule has 224 valence electrons. The van der Waals surface area contributed by atoms with Crippen molar-refractivity contribution in [3.8, 4) is 0 Å². The maximum absolute atomic E-state index is 12.2. The molecule has 4 rings (SSSR count). The minimum atomic E-state index is -4.77. The average Bonchev–Trinajstić information content (AvgIpc) is 2.88. The largest absolute Gasteiger partial charge is 0.748 e. The zero-order chi connectivity index (χ0) is 28.3. The van der Waals surface area contributed by atoms with E-state index >= 15 is 0 Å². The van der Waals surface area contributed by atoms with Crippen LogP contribution in [-0.2, 0) is 19.5 Å². The highest BCUT2D eigenvalue weighted by Gasteiger charge is 2.53. The molecule has 0 aromatic heterocycles. The molecule has 0 aromatic rings. The third kappa shape index (κ3) is 7.53. The van der Waals surface area contributed by atoms with Crippen LogP contribution in [0.15, 0.2) is 20.5 Å². The van der Waals surface area contributed by atoms with E-state index in [0.717, 1.165) is 44.1 Å². The van der Waals surface area contributed by atoms with Crippen LogP contribution in [0.4, 0.5) is 0 Å². The van der Waals surface area contributed by atoms with Gasteiger partial charge in [0.2, 0.25) is 0 Å². The highest BCUT2D eigenvalue weighted by atomic mass is 32.2. The molecule has 0 spiro atoms. The smallest absolute Gasteiger partial charge is 0.113 e. The number of azo groups is 2. The molecule has 11 unspecified atom stereocenters. The summed E-state index contributed by atoms with van der Waals surface area (Å²) in [7, 11) is -4.77. The molecule has 4 fully saturated rings. The van der Waals surface area contributed by atoms with Gasteiger partial charge in [0.05, 0.1) is 39.6 Å². The number of fused-ring (bicyclic) bond motifs is 1. The van der Waals surface area contributed by atoms with E-state index in [1.165, 1.54) is 0 Å². The van der Waals surface area contributed by atoms with E-state index in [0.29, 0.717) is 19.3 Å². The summed E-state index contributed by atoms with van der Waals surface area (Å²) in [4.78, 5) is 0. The van der Waals surface area contributed by atoms with Gasteiger partial charge in [-0.15, -0.1) is 0 Å². The zero-order valence-electron chi connectivity index (χ0n) is 22.1. The first-order valence-corrected chi connectivity index (χ1v) is 16.1. The third-order valence-electron chi connectivity index (χ3n) is 9.25. The van der Waals surface area contributed by atoms with Gasteiger partial charge in [-0.2, -0.15) is 24.8 Å². The Morgan fingerprint density at radius 3 is 2.15 bits per heavy atom. The summed E-state index contributed by atoms with van der Waals surface area (Å²) in [5, 5.41) is 41.0. The lowest BCUT2D eigenvalue weighted by Crippen LogP contribution is -2.62. The van der Waals surface area contributed by atoms with Crippen molar-refractivity contribution in [2.24, 2.45) is 55.4 Å². The molecule has 14 nitrogen and oxygen atoms in total. The predicted molar refractivity (Wildman–Crippen MR) is 140 cm³/mol. The van der Waals surface area contributed by atoms with Crippen LogP contribution >= 0.6 is 12.0 Å². The Morgan fingerprint density at radius 1 is 0.923 bits per heavy atom. The van der Waals surface area contributed by atoms with E-state index in [4.69, 9.17) is 17.2 Å². The van der Waals surface area contributed by atoms with E-state index in [1.54, 1.807) is 0 Å². The first-order valence-electron chi connectivity index (χ1n) is 13.8. The highest BCUT2D eigenvalue weighted by Crippen LogP contribution is 2.48. The van der Waals surface area contributed by atoms with Crippen molar-refractivity contribution in [1.29, 1.82) is 0 Å². The van der Waals surface area contributed by atoms with E-state index in [9.17, 15) is 23.3 Å². The molecule has 4 aliphatic carbocycles. The van der Waals surface area contributed by atoms with Crippen LogP contribution in [0.1, 0.15) is 64.7 Å². The molecule has 0 aliphatic heterocycles. The van der Waals surface area contributed by atoms with Gasteiger partial charge in [0.25, 0.3) is 0 Å². The van der Waals surface area contributed by atoms with Crippen molar-refractivity contribution in [1.82, 2.24) is 0 Å². The van der Waals surface area contributed by atoms with E-state index in [2.05, 4.69) is 29.8 Å². The summed E-state index contributed by atoms with van der Waals surface area (Å²) >= 11 is 0.825. The second-order valence-corrected chi connectivity index (χ2v) is 14.3. The molecule has 7 N–H and O–H groups in total. The predicted octanol–water partition coefficient (Wildman–Crippen LogP) is 0.296. The molecule has 0 aromatic carbocycles. The summed E-state index contributed by atoms with van der Waals surface area (Å²) in [5.74, 6) is -0.986. The first kappa shape index (κ1) is 31.1. The number of nitrogens with zero attached hydrogens (tertiary/aromatic N) is 4. The minimum absolute atomic E-state index is 0.0000880. The zero-order valence-corrected chi connectivity index (χ0v) is 23.7. The SMILES string of the molecule is CC1C(SOO[O-])CC2CC(S(=O)(=O)[O-])C(N=NC3CCC(N=NC4CCC(N)CC4N)CC3)C(O)C2C1N. The first-order chi connectivity index (χ1) is 18.5. The molecule has 0 heterocycles. The molecular weight excluding hydrogens is 550 g/mol. The van der Waals surface area contributed by atoms with Crippen molar-refractivity contribution in [2.75, 3.05) is 0 Å². The lowest BCUT2D eigenvalue weighted by molar-refractivity contribution is -0.777. The standard InChI is InChI=1S/C23H43N7O7S2/c1-11-18(38-37-36-32)8-12-9-19(39(33,34)35)22(23(31)20(12)21(11)26)30-28-15-5-3-14(4-6-15)27-29-17-7-2-13(24)10-16(17)25/h11-23,31-32H,2-10,24-26H2,1H3,(H,33,34,35)/p-2. The minimum Gasteiger partial charge on any atom is -0.748 e. The molecule has 4 saturated carbocycles. The van der Waals surface area contributed by atoms with Crippen LogP contribution in [-0.4, -0.2) is 77.0 Å². The second kappa shape index (κ2) is 13.4. The van der Waals surface area contributed by atoms with Crippen molar-refractivity contribution >= 4 is 22.2 Å². The number of hydrogen-bond donors (Lipinski definition) is 4. The number of aliphatic hydroxyl groups excluding tert-OH is 1. The van der Waals surface area contributed by atoms with Crippen molar-refractivity contribution in [3.63, 3.8) is 0 Å². The van der Waals surface area contributed by atoms with Gasteiger partial charge >= 0.3 is 0 Å². The maximum Gasteiger partial charge on any atom is 0.113 e. The molecule has 0 bridgehead atoms. The van der Waals surface area contributed by atoms with E-state index in [-0.39, 0.29) is 53.7 Å². The fraction of sp³-hybridized carbons (Fsp3) is 1.00. The number of hydrogen-bond acceptors (Lipinski definition) is 15. The molecule has 39 heavy (non-hydrogen) atoms. The van der Waals surface area contributed by atoms with Gasteiger partial charge in [0.1, 0.15) is 6.04 Å². The average molecular weight is 592 g/mol. The fourth-order valence-corrected chi connectivity index (χ4v) is 8.72. The highest BCUT2D eigenvalue weighted by molar-refractivity contribution is 7.95. The van der Waals surface area contributed by atoms with Gasteiger partial charge in [-0.05, 0) is 69.6 Å². The van der Waals surface area contributed by atoms with Crippen LogP contribution in [0.25, 0.3) is 0 Å². The summed E-state index contributed by atoms with van der Waals surface area (Å²) in [6, 6.07) is -1.74. The van der Waals surface area contributed by atoms with E-state index < -0.39 is 39.5 Å². The molecule has 4 aliphatic rings. The lowest BCUT2D eigenvalue weighted by Gasteiger charge is -2.52. The van der Waals surface area contributed by atoms with Crippen LogP contribution in [0.2, 0.25) is 0 Å². The van der Waals surface area contributed by atoms with Gasteiger partial charge in [-0.3, -0.25) is 5.04 Å². The Morgan fingerprint density at radius 2 is 1.56 bits per heavy atom. The quantitative estimate of drug-likeness (QED) is 0.0982. The molecule has 0 amide bonds. The van der Waals surface area contributed by atoms with Crippen molar-refractivity contribution in [3.05, 3.63) is 0 Å². The van der Waals surface area contributed by atoms with Crippen LogP contribution in [0.3, 0.4) is 0 Å². The van der Waals surface area contributed by atoms with Gasteiger partial charge in [0, 0.05) is 41.3 Å². The molecule has 16 heteroatoms. The molecule has 11 atom stereocenters. The summed E-state index contributed by atoms with van der Waals surface area (Å²) < 4.78 is 41.2. The topological polar surface area (TPSA) is 246 Å². The fourth-order valence-electron chi connectivity index (χ4n) is 6.86. The summed E-state index contributed by atoms with van der Waals surface area (Å²) in [5.41, 5.74) is 18.6. The van der Waals surface area contributed by atoms with Crippen LogP contribution in [0.5, 0.6) is 0 Å². The van der Waals surface area contributed by atoms with Crippen LogP contribution in [0, 0.1) is 17.8 Å². The summed E-state index contributed by atoms with van der Waals surface area (Å²) in [6.07, 6.45) is 4.57. The monoisotopic (exact) mass is 591 g/mol. The van der Waals surface area contributed by atoms with Gasteiger partial charge in [-0.25, -0.2) is 8.42 Å². The second-order valence-electron chi connectivity index (χ2n) is 11.8. The molecule has 0 saturated heterocycles. The van der Waals surface area contributed by atoms with E-state index in [1.807, 2.05) is 6.92 Å². The normalized spacial score (nSPS) is 46.0. The summed E-state index contributed by atoms with van der Waals surface area (Å²) in [6.45, 7) is 1.87. The number of rotatable bonds is 8. The molecular formula is C23H41N7O7S2-2. The number of aliphatic hydroxyl groups is 1. The third-order valence-corrected chi connectivity index (χ3v) is 11.5. The van der Waals surface area contributed by atoms with Crippen molar-refractivity contribution in [2.45, 2.75) is 124 Å². The Labute approximate surface area is 233 Å². The van der Waals surface area contributed by atoms with Crippen molar-refractivity contribution < 1.29 is 32.7 Å². The lowest BCUT2D eigenvalue weighted by atomic mass is 9.62. The molecule has 0 radical (unpaired) electrons.